The van der Waals surface area contributed by atoms with Crippen molar-refractivity contribution in [2.45, 2.75) is 24.6 Å². The maximum Gasteiger partial charge on any atom is 0.192 e. The lowest BCUT2D eigenvalue weighted by Crippen LogP contribution is -2.24. The van der Waals surface area contributed by atoms with Crippen molar-refractivity contribution in [3.05, 3.63) is 65.6 Å². The molecule has 0 fully saturated rings. The Kier molecular flexibility index (Phi) is 5.15. The highest BCUT2D eigenvalue weighted by Gasteiger charge is 2.27. The van der Waals surface area contributed by atoms with Crippen molar-refractivity contribution < 1.29 is 14.3 Å². The summed E-state index contributed by atoms with van der Waals surface area (Å²) >= 11 is 1.37. The van der Waals surface area contributed by atoms with E-state index in [0.29, 0.717) is 28.9 Å². The highest BCUT2D eigenvalue weighted by molar-refractivity contribution is 7.99. The van der Waals surface area contributed by atoms with Crippen LogP contribution in [-0.4, -0.2) is 37.9 Å². The number of aryl methyl sites for hydroxylation is 1. The average molecular weight is 435 g/mol. The SMILES string of the molecule is CCc1cccc2c(C(=O)CSc3nnc(C4COc5ccccc5O4)n3C)c[nH]c12. The molecule has 2 aromatic carbocycles. The van der Waals surface area contributed by atoms with E-state index >= 15 is 0 Å². The molecule has 0 aliphatic carbocycles. The predicted molar refractivity (Wildman–Crippen MR) is 119 cm³/mol. The van der Waals surface area contributed by atoms with Gasteiger partial charge in [-0.15, -0.1) is 10.2 Å². The van der Waals surface area contributed by atoms with Crippen LogP contribution in [0.1, 0.15) is 34.8 Å². The number of carbonyl (C=O) groups excluding carboxylic acids is 1. The lowest BCUT2D eigenvalue weighted by Gasteiger charge is -2.25. The van der Waals surface area contributed by atoms with Crippen LogP contribution in [0.25, 0.3) is 10.9 Å². The summed E-state index contributed by atoms with van der Waals surface area (Å²) in [5.74, 6) is 2.42. The highest BCUT2D eigenvalue weighted by atomic mass is 32.2. The molecule has 0 saturated carbocycles. The molecule has 0 saturated heterocycles. The number of benzene rings is 2. The molecule has 4 aromatic rings. The minimum absolute atomic E-state index is 0.0558. The first-order chi connectivity index (χ1) is 15.2. The molecule has 2 aromatic heterocycles. The zero-order valence-electron chi connectivity index (χ0n) is 17.3. The average Bonchev–Trinajstić information content (AvgIpc) is 3.40. The molecule has 8 heteroatoms. The summed E-state index contributed by atoms with van der Waals surface area (Å²) in [4.78, 5) is 16.2. The fourth-order valence-electron chi connectivity index (χ4n) is 3.83. The second kappa shape index (κ2) is 8.11. The van der Waals surface area contributed by atoms with Gasteiger partial charge in [-0.05, 0) is 24.1 Å². The number of thioether (sulfide) groups is 1. The van der Waals surface area contributed by atoms with Gasteiger partial charge in [0.05, 0.1) is 5.75 Å². The van der Waals surface area contributed by atoms with Crippen molar-refractivity contribution in [1.29, 1.82) is 0 Å². The molecule has 0 spiro atoms. The van der Waals surface area contributed by atoms with Crippen molar-refractivity contribution in [2.75, 3.05) is 12.4 Å². The van der Waals surface area contributed by atoms with Crippen LogP contribution in [0.5, 0.6) is 11.5 Å². The van der Waals surface area contributed by atoms with Crippen molar-refractivity contribution in [1.82, 2.24) is 19.7 Å². The Hall–Kier alpha value is -3.26. The number of para-hydroxylation sites is 3. The zero-order valence-corrected chi connectivity index (χ0v) is 18.1. The third-order valence-electron chi connectivity index (χ3n) is 5.48. The number of rotatable bonds is 6. The number of ketones is 1. The van der Waals surface area contributed by atoms with Crippen LogP contribution >= 0.6 is 11.8 Å². The van der Waals surface area contributed by atoms with E-state index in [4.69, 9.17) is 9.47 Å². The molecule has 1 unspecified atom stereocenters. The van der Waals surface area contributed by atoms with Crippen molar-refractivity contribution in [3.63, 3.8) is 0 Å². The number of ether oxygens (including phenoxy) is 2. The second-order valence-electron chi connectivity index (χ2n) is 7.37. The van der Waals surface area contributed by atoms with E-state index in [1.807, 2.05) is 48.0 Å². The molecule has 1 aliphatic heterocycles. The highest BCUT2D eigenvalue weighted by Crippen LogP contribution is 2.36. The molecule has 0 amide bonds. The molecule has 0 bridgehead atoms. The van der Waals surface area contributed by atoms with Crippen molar-refractivity contribution in [3.8, 4) is 11.5 Å². The van der Waals surface area contributed by atoms with E-state index in [1.165, 1.54) is 17.3 Å². The van der Waals surface area contributed by atoms with E-state index < -0.39 is 0 Å². The van der Waals surface area contributed by atoms with Gasteiger partial charge in [0.15, 0.2) is 34.4 Å². The first-order valence-corrected chi connectivity index (χ1v) is 11.2. The fourth-order valence-corrected chi connectivity index (χ4v) is 4.63. The Morgan fingerprint density at radius 2 is 2.03 bits per heavy atom. The summed E-state index contributed by atoms with van der Waals surface area (Å²) in [7, 11) is 1.88. The summed E-state index contributed by atoms with van der Waals surface area (Å²) in [6.45, 7) is 2.47. The number of H-pyrrole nitrogens is 1. The molecule has 31 heavy (non-hydrogen) atoms. The summed E-state index contributed by atoms with van der Waals surface area (Å²) < 4.78 is 13.7. The topological polar surface area (TPSA) is 82.0 Å². The van der Waals surface area contributed by atoms with Crippen LogP contribution in [0, 0.1) is 0 Å². The molecular weight excluding hydrogens is 412 g/mol. The molecule has 1 N–H and O–H groups in total. The number of aromatic nitrogens is 4. The molecule has 3 heterocycles. The van der Waals surface area contributed by atoms with Gasteiger partial charge in [-0.3, -0.25) is 4.79 Å². The van der Waals surface area contributed by atoms with E-state index in [9.17, 15) is 4.79 Å². The molecule has 7 nitrogen and oxygen atoms in total. The van der Waals surface area contributed by atoms with Crippen molar-refractivity contribution in [2.24, 2.45) is 7.05 Å². The third-order valence-corrected chi connectivity index (χ3v) is 6.50. The summed E-state index contributed by atoms with van der Waals surface area (Å²) in [5, 5.41) is 10.2. The minimum Gasteiger partial charge on any atom is -0.485 e. The number of Topliss-reactive ketones (excluding diaryl/α,β-unsaturated/α-hetero) is 1. The smallest absolute Gasteiger partial charge is 0.192 e. The first kappa shape index (κ1) is 19.7. The van der Waals surface area contributed by atoms with E-state index in [1.54, 1.807) is 6.20 Å². The molecule has 1 atom stereocenters. The van der Waals surface area contributed by atoms with Gasteiger partial charge in [-0.1, -0.05) is 49.0 Å². The number of hydrogen-bond donors (Lipinski definition) is 1. The van der Waals surface area contributed by atoms with Gasteiger partial charge in [-0.25, -0.2) is 0 Å². The normalized spacial score (nSPS) is 15.4. The summed E-state index contributed by atoms with van der Waals surface area (Å²) in [6, 6.07) is 13.6. The first-order valence-electron chi connectivity index (χ1n) is 10.2. The van der Waals surface area contributed by atoms with Gasteiger partial charge < -0.3 is 19.0 Å². The molecule has 0 radical (unpaired) electrons. The number of aromatic amines is 1. The maximum absolute atomic E-state index is 12.9. The Balaban J connectivity index is 1.30. The monoisotopic (exact) mass is 434 g/mol. The van der Waals surface area contributed by atoms with Gasteiger partial charge >= 0.3 is 0 Å². The Bertz CT molecular complexity index is 1260. The number of nitrogens with one attached hydrogen (secondary N) is 1. The number of fused-ring (bicyclic) bond motifs is 2. The number of hydrogen-bond acceptors (Lipinski definition) is 6. The van der Waals surface area contributed by atoms with Gasteiger partial charge in [0, 0.05) is 29.7 Å². The molecule has 1 aliphatic rings. The van der Waals surface area contributed by atoms with Gasteiger partial charge in [0.2, 0.25) is 0 Å². The van der Waals surface area contributed by atoms with Gasteiger partial charge in [-0.2, -0.15) is 0 Å². The van der Waals surface area contributed by atoms with Crippen LogP contribution in [0.4, 0.5) is 0 Å². The van der Waals surface area contributed by atoms with E-state index in [-0.39, 0.29) is 17.6 Å². The van der Waals surface area contributed by atoms with E-state index in [2.05, 4.69) is 28.2 Å². The number of carbonyl (C=O) groups is 1. The van der Waals surface area contributed by atoms with Crippen LogP contribution in [0.3, 0.4) is 0 Å². The lowest BCUT2D eigenvalue weighted by atomic mass is 10.1. The summed E-state index contributed by atoms with van der Waals surface area (Å²) in [5.41, 5.74) is 2.95. The standard InChI is InChI=1S/C23H22N4O3S/c1-3-14-7-6-8-15-16(11-24-21(14)15)17(28)13-31-23-26-25-22(27(23)2)20-12-29-18-9-4-5-10-19(18)30-20/h4-11,20,24H,3,12-13H2,1-2H3. The molecule has 158 valence electrons. The van der Waals surface area contributed by atoms with Gasteiger partial charge in [0.25, 0.3) is 0 Å². The van der Waals surface area contributed by atoms with Crippen LogP contribution in [0.2, 0.25) is 0 Å². The molecular formula is C23H22N4O3S. The summed E-state index contributed by atoms with van der Waals surface area (Å²) in [6.07, 6.45) is 2.37. The largest absolute Gasteiger partial charge is 0.485 e. The lowest BCUT2D eigenvalue weighted by molar-refractivity contribution is 0.0825. The van der Waals surface area contributed by atoms with Gasteiger partial charge in [0.1, 0.15) is 6.61 Å². The fraction of sp³-hybridized carbons (Fsp3) is 0.261. The Labute approximate surface area is 183 Å². The quantitative estimate of drug-likeness (QED) is 0.359. The maximum atomic E-state index is 12.9. The number of nitrogens with zero attached hydrogens (tertiary/aromatic N) is 3. The van der Waals surface area contributed by atoms with Crippen LogP contribution < -0.4 is 9.47 Å². The predicted octanol–water partition coefficient (Wildman–Crippen LogP) is 4.35. The van der Waals surface area contributed by atoms with E-state index in [0.717, 1.165) is 23.1 Å². The van der Waals surface area contributed by atoms with Crippen LogP contribution in [-0.2, 0) is 13.5 Å². The van der Waals surface area contributed by atoms with Crippen molar-refractivity contribution >= 4 is 28.4 Å². The zero-order chi connectivity index (χ0) is 21.4. The Morgan fingerprint density at radius 3 is 2.87 bits per heavy atom. The second-order valence-corrected chi connectivity index (χ2v) is 8.31. The molecule has 5 rings (SSSR count). The minimum atomic E-state index is -0.349. The third kappa shape index (κ3) is 3.57. The Morgan fingerprint density at radius 1 is 1.19 bits per heavy atom. The van der Waals surface area contributed by atoms with Crippen LogP contribution in [0.15, 0.2) is 53.8 Å².